The Hall–Kier alpha value is -3.42. The number of ether oxygens (including phenoxy) is 3. The van der Waals surface area contributed by atoms with Crippen LogP contribution in [0, 0.1) is 0 Å². The Morgan fingerprint density at radius 3 is 1.44 bits per heavy atom. The third-order valence-corrected chi connectivity index (χ3v) is 13.5. The Kier molecular flexibility index (Phi) is 47.6. The van der Waals surface area contributed by atoms with Crippen LogP contribution >= 0.6 is 0 Å². The summed E-state index contributed by atoms with van der Waals surface area (Å²) in [4.78, 5) is 26.4. The predicted octanol–water partition coefficient (Wildman–Crippen LogP) is 13.9. The fourth-order valence-electron chi connectivity index (χ4n) is 8.72. The summed E-state index contributed by atoms with van der Waals surface area (Å²) >= 11 is 0. The van der Waals surface area contributed by atoms with Gasteiger partial charge in [-0.2, -0.15) is 0 Å². The Balaban J connectivity index is 2.67. The van der Waals surface area contributed by atoms with Gasteiger partial charge in [0, 0.05) is 12.8 Å². The van der Waals surface area contributed by atoms with Crippen LogP contribution in [0.25, 0.3) is 0 Å². The zero-order valence-electron chi connectivity index (χ0n) is 47.4. The van der Waals surface area contributed by atoms with Gasteiger partial charge in [0.1, 0.15) is 24.4 Å². The van der Waals surface area contributed by atoms with Gasteiger partial charge in [0.15, 0.2) is 12.4 Å². The highest BCUT2D eigenvalue weighted by atomic mass is 16.7. The lowest BCUT2D eigenvalue weighted by molar-refractivity contribution is -0.305. The summed E-state index contributed by atoms with van der Waals surface area (Å²) in [5.41, 5.74) is 0. The van der Waals surface area contributed by atoms with Gasteiger partial charge in [-0.15, -0.1) is 0 Å². The minimum atomic E-state index is -1.63. The van der Waals surface area contributed by atoms with Gasteiger partial charge in [-0.3, -0.25) is 9.59 Å². The van der Waals surface area contributed by atoms with Gasteiger partial charge < -0.3 is 45.1 Å². The molecular formula is C64H109NO10. The van der Waals surface area contributed by atoms with E-state index in [1.165, 1.54) is 77.0 Å². The van der Waals surface area contributed by atoms with Crippen LogP contribution in [0.2, 0.25) is 0 Å². The fraction of sp³-hybridized carbons (Fsp3) is 0.719. The third-order valence-electron chi connectivity index (χ3n) is 13.5. The quantitative estimate of drug-likeness (QED) is 0.0195. The van der Waals surface area contributed by atoms with Crippen molar-refractivity contribution in [3.63, 3.8) is 0 Å². The molecule has 8 atom stereocenters. The van der Waals surface area contributed by atoms with Crippen molar-refractivity contribution in [1.82, 2.24) is 5.32 Å². The van der Waals surface area contributed by atoms with Gasteiger partial charge in [-0.05, 0) is 83.5 Å². The number of rotatable bonds is 49. The zero-order chi connectivity index (χ0) is 54.7. The summed E-state index contributed by atoms with van der Waals surface area (Å²) in [5, 5.41) is 56.7. The zero-order valence-corrected chi connectivity index (χ0v) is 47.4. The van der Waals surface area contributed by atoms with Crippen molar-refractivity contribution in [3.8, 4) is 0 Å². The molecule has 75 heavy (non-hydrogen) atoms. The maximum atomic E-state index is 13.3. The van der Waals surface area contributed by atoms with E-state index < -0.39 is 67.4 Å². The second kappa shape index (κ2) is 51.3. The molecule has 0 radical (unpaired) electrons. The van der Waals surface area contributed by atoms with E-state index in [-0.39, 0.29) is 19.4 Å². The number of hydrogen-bond donors (Lipinski definition) is 6. The van der Waals surface area contributed by atoms with Crippen molar-refractivity contribution in [1.29, 1.82) is 0 Å². The number of esters is 1. The predicted molar refractivity (Wildman–Crippen MR) is 310 cm³/mol. The number of aliphatic hydroxyl groups excluding tert-OH is 5. The lowest BCUT2D eigenvalue weighted by atomic mass is 9.99. The molecule has 1 saturated heterocycles. The van der Waals surface area contributed by atoms with E-state index in [0.717, 1.165) is 109 Å². The van der Waals surface area contributed by atoms with E-state index >= 15 is 0 Å². The summed E-state index contributed by atoms with van der Waals surface area (Å²) < 4.78 is 17.5. The van der Waals surface area contributed by atoms with Crippen molar-refractivity contribution in [2.24, 2.45) is 0 Å². The van der Waals surface area contributed by atoms with E-state index in [1.54, 1.807) is 12.2 Å². The Bertz CT molecular complexity index is 1580. The van der Waals surface area contributed by atoms with Crippen molar-refractivity contribution >= 4 is 11.9 Å². The monoisotopic (exact) mass is 1050 g/mol. The molecule has 1 amide bonds. The number of carbonyl (C=O) groups excluding carboxylic acids is 2. The summed E-state index contributed by atoms with van der Waals surface area (Å²) in [7, 11) is 0. The fourth-order valence-corrected chi connectivity index (χ4v) is 8.72. The number of aliphatic hydroxyl groups is 5. The molecule has 0 bridgehead atoms. The van der Waals surface area contributed by atoms with E-state index in [0.29, 0.717) is 12.8 Å². The van der Waals surface area contributed by atoms with Crippen LogP contribution in [0.5, 0.6) is 0 Å². The molecule has 430 valence electrons. The van der Waals surface area contributed by atoms with Crippen LogP contribution in [0.3, 0.4) is 0 Å². The molecule has 8 unspecified atom stereocenters. The van der Waals surface area contributed by atoms with Crippen LogP contribution in [-0.4, -0.2) is 99.6 Å². The Morgan fingerprint density at radius 2 is 0.960 bits per heavy atom. The maximum Gasteiger partial charge on any atom is 0.306 e. The first kappa shape index (κ1) is 69.6. The second-order valence-electron chi connectivity index (χ2n) is 20.4. The Labute approximate surface area is 456 Å². The van der Waals surface area contributed by atoms with E-state index in [1.807, 2.05) is 12.2 Å². The minimum absolute atomic E-state index is 0.0771. The summed E-state index contributed by atoms with van der Waals surface area (Å²) in [5.74, 6) is -1.28. The van der Waals surface area contributed by atoms with E-state index in [9.17, 15) is 35.1 Å². The number of allylic oxidation sites excluding steroid dienone is 14. The van der Waals surface area contributed by atoms with Gasteiger partial charge in [0.25, 0.3) is 0 Å². The van der Waals surface area contributed by atoms with Crippen LogP contribution in [-0.2, 0) is 23.8 Å². The summed E-state index contributed by atoms with van der Waals surface area (Å²) in [6.45, 7) is 5.59. The van der Waals surface area contributed by atoms with Crippen molar-refractivity contribution in [3.05, 3.63) is 97.2 Å². The lowest BCUT2D eigenvalue weighted by Crippen LogP contribution is -2.61. The number of hydrogen-bond acceptors (Lipinski definition) is 10. The molecule has 1 aliphatic rings. The van der Waals surface area contributed by atoms with Gasteiger partial charge in [0.05, 0.1) is 25.4 Å². The standard InChI is InChI=1S/C64H109NO10/c1-4-7-10-13-16-19-22-24-25-26-27-28-29-30-31-32-33-34-37-40-43-46-49-52-59(69)75-62-61(71)60(70)58(53-66)74-64(62)73-54-55(56(67)50-47-44-41-38-35-21-18-15-12-9-6-3)65-63(72)57(68)51-48-45-42-39-36-23-20-17-14-11-8-5-2/h7,10,16,19,24-25,27-28,30-31,36,39,45,47-48,50,55-58,60-62,64,66-68,70-71H,4-6,8-9,11-15,17-18,20-23,26,29,32-35,37-38,40-44,46,49,51-54H2,1-3H3,(H,65,72)/b10-7-,19-16-,25-24-,28-27-,31-30-,39-36-,48-45+,50-47+. The number of carbonyl (C=O) groups is 2. The lowest BCUT2D eigenvalue weighted by Gasteiger charge is -2.41. The van der Waals surface area contributed by atoms with E-state index in [2.05, 4.69) is 99.0 Å². The minimum Gasteiger partial charge on any atom is -0.454 e. The average Bonchev–Trinajstić information content (AvgIpc) is 3.41. The molecule has 1 fully saturated rings. The molecule has 6 N–H and O–H groups in total. The first-order valence-corrected chi connectivity index (χ1v) is 30.0. The molecule has 1 aliphatic heterocycles. The molecule has 0 aliphatic carbocycles. The molecule has 1 heterocycles. The highest BCUT2D eigenvalue weighted by Crippen LogP contribution is 2.26. The van der Waals surface area contributed by atoms with Gasteiger partial charge in [-0.1, -0.05) is 234 Å². The van der Waals surface area contributed by atoms with Gasteiger partial charge in [0.2, 0.25) is 5.91 Å². The normalized spacial score (nSPS) is 19.9. The average molecular weight is 1050 g/mol. The summed E-state index contributed by atoms with van der Waals surface area (Å²) in [6.07, 6.45) is 57.6. The largest absolute Gasteiger partial charge is 0.454 e. The van der Waals surface area contributed by atoms with Crippen molar-refractivity contribution in [2.75, 3.05) is 13.2 Å². The topological polar surface area (TPSA) is 175 Å². The molecule has 0 spiro atoms. The first-order chi connectivity index (χ1) is 36.7. The molecule has 0 aromatic heterocycles. The SMILES string of the molecule is CC/C=C\C/C=C\C/C=C\C/C=C\C/C=C\CCCCCCCCCC(=O)OC1C(OCC(NC(=O)C(O)C/C=C/C/C=C\CCCCCCCC)C(O)/C=C/CCCCCCCCCCC)OC(CO)C(O)C1O. The molecule has 0 saturated carbocycles. The van der Waals surface area contributed by atoms with Gasteiger partial charge >= 0.3 is 5.97 Å². The molecular weight excluding hydrogens is 943 g/mol. The third kappa shape index (κ3) is 39.6. The molecule has 0 aromatic rings. The Morgan fingerprint density at radius 1 is 0.533 bits per heavy atom. The smallest absolute Gasteiger partial charge is 0.306 e. The highest BCUT2D eigenvalue weighted by Gasteiger charge is 2.47. The van der Waals surface area contributed by atoms with E-state index in [4.69, 9.17) is 14.2 Å². The van der Waals surface area contributed by atoms with Gasteiger partial charge in [-0.25, -0.2) is 0 Å². The van der Waals surface area contributed by atoms with Crippen LogP contribution in [0.1, 0.15) is 233 Å². The van der Waals surface area contributed by atoms with Crippen LogP contribution < -0.4 is 5.32 Å². The second-order valence-corrected chi connectivity index (χ2v) is 20.4. The van der Waals surface area contributed by atoms with Crippen LogP contribution in [0.15, 0.2) is 97.2 Å². The van der Waals surface area contributed by atoms with Crippen molar-refractivity contribution in [2.45, 2.75) is 282 Å². The number of amides is 1. The molecule has 1 rings (SSSR count). The van der Waals surface area contributed by atoms with Crippen molar-refractivity contribution < 1.29 is 49.3 Å². The molecule has 0 aromatic carbocycles. The number of nitrogens with one attached hydrogen (secondary N) is 1. The molecule has 11 heteroatoms. The summed E-state index contributed by atoms with van der Waals surface area (Å²) in [6, 6.07) is -1.06. The maximum absolute atomic E-state index is 13.3. The highest BCUT2D eigenvalue weighted by molar-refractivity contribution is 5.81. The first-order valence-electron chi connectivity index (χ1n) is 30.0. The van der Waals surface area contributed by atoms with Crippen LogP contribution in [0.4, 0.5) is 0 Å². The molecule has 11 nitrogen and oxygen atoms in total. The number of unbranched alkanes of at least 4 members (excludes halogenated alkanes) is 22.